The second-order valence-corrected chi connectivity index (χ2v) is 10.4. The normalized spacial score (nSPS) is 14.4. The fourth-order valence-electron chi connectivity index (χ4n) is 5.54. The molecule has 3 heterocycles. The van der Waals surface area contributed by atoms with Gasteiger partial charge in [-0.05, 0) is 55.7 Å². The number of piperazine rings is 1. The number of fused-ring (bicyclic) bond motifs is 2. The average Bonchev–Trinajstić information content (AvgIpc) is 3.42. The van der Waals surface area contributed by atoms with Crippen molar-refractivity contribution in [3.8, 4) is 0 Å². The van der Waals surface area contributed by atoms with E-state index in [-0.39, 0.29) is 17.9 Å². The molecule has 1 aliphatic heterocycles. The highest BCUT2D eigenvalue weighted by atomic mass is 16.5. The summed E-state index contributed by atoms with van der Waals surface area (Å²) in [5, 5.41) is 6.42. The van der Waals surface area contributed by atoms with Gasteiger partial charge < -0.3 is 14.0 Å². The Balaban J connectivity index is 1.16. The second kappa shape index (κ2) is 10.5. The fraction of sp³-hybridized carbons (Fsp3) is 0.281. The first kappa shape index (κ1) is 25.1. The molecule has 1 aliphatic rings. The number of nitrogens with zero attached hydrogens (tertiary/aromatic N) is 4. The summed E-state index contributed by atoms with van der Waals surface area (Å²) in [4.78, 5) is 30.9. The van der Waals surface area contributed by atoms with Crippen molar-refractivity contribution in [3.63, 3.8) is 0 Å². The van der Waals surface area contributed by atoms with Crippen LogP contribution in [0, 0.1) is 13.8 Å². The maximum atomic E-state index is 13.2. The average molecular weight is 521 g/mol. The highest BCUT2D eigenvalue weighted by Crippen LogP contribution is 2.27. The molecule has 0 radical (unpaired) electrons. The molecule has 1 fully saturated rings. The van der Waals surface area contributed by atoms with Crippen molar-refractivity contribution in [2.45, 2.75) is 26.8 Å². The van der Waals surface area contributed by atoms with E-state index in [1.165, 1.54) is 5.56 Å². The fourth-order valence-corrected chi connectivity index (χ4v) is 5.54. The molecule has 0 N–H and O–H groups in total. The van der Waals surface area contributed by atoms with Crippen LogP contribution in [0.5, 0.6) is 0 Å². The van der Waals surface area contributed by atoms with Gasteiger partial charge in [-0.3, -0.25) is 14.5 Å². The Bertz CT molecular complexity index is 1710. The first-order valence-electron chi connectivity index (χ1n) is 13.5. The van der Waals surface area contributed by atoms with E-state index in [2.05, 4.69) is 33.2 Å². The maximum absolute atomic E-state index is 13.2. The Morgan fingerprint density at radius 2 is 1.62 bits per heavy atom. The van der Waals surface area contributed by atoms with E-state index in [1.807, 2.05) is 56.3 Å². The van der Waals surface area contributed by atoms with E-state index in [4.69, 9.17) is 4.52 Å². The van der Waals surface area contributed by atoms with E-state index >= 15 is 0 Å². The van der Waals surface area contributed by atoms with Crippen molar-refractivity contribution in [1.29, 1.82) is 0 Å². The molecule has 0 unspecified atom stereocenters. The summed E-state index contributed by atoms with van der Waals surface area (Å²) in [6.45, 7) is 8.60. The predicted molar refractivity (Wildman–Crippen MR) is 155 cm³/mol. The number of hydrogen-bond acceptors (Lipinski definition) is 6. The van der Waals surface area contributed by atoms with Gasteiger partial charge in [-0.15, -0.1) is 0 Å². The summed E-state index contributed by atoms with van der Waals surface area (Å²) in [5.74, 6) is 0.867. The minimum Gasteiger partial charge on any atom is -0.354 e. The van der Waals surface area contributed by atoms with Gasteiger partial charge in [0.1, 0.15) is 0 Å². The van der Waals surface area contributed by atoms with Gasteiger partial charge in [0.15, 0.2) is 17.2 Å². The molecule has 0 spiro atoms. The number of aromatic nitrogens is 2. The van der Waals surface area contributed by atoms with E-state index in [9.17, 15) is 9.59 Å². The summed E-state index contributed by atoms with van der Waals surface area (Å²) >= 11 is 0. The zero-order chi connectivity index (χ0) is 26.9. The quantitative estimate of drug-likeness (QED) is 0.281. The number of Topliss-reactive ketones (excluding diaryl/α,β-unsaturated/α-hetero) is 1. The molecule has 198 valence electrons. The van der Waals surface area contributed by atoms with Gasteiger partial charge in [-0.25, -0.2) is 0 Å². The molecule has 0 saturated carbocycles. The molecule has 2 aromatic heterocycles. The largest absolute Gasteiger partial charge is 0.354 e. The van der Waals surface area contributed by atoms with Crippen LogP contribution >= 0.6 is 0 Å². The van der Waals surface area contributed by atoms with Crippen molar-refractivity contribution in [2.24, 2.45) is 0 Å². The van der Waals surface area contributed by atoms with Gasteiger partial charge in [0.05, 0.1) is 17.4 Å². The lowest BCUT2D eigenvalue weighted by molar-refractivity contribution is 0.0972. The minimum atomic E-state index is -0.102. The van der Waals surface area contributed by atoms with Crippen molar-refractivity contribution < 1.29 is 9.32 Å². The smallest absolute Gasteiger partial charge is 0.254 e. The van der Waals surface area contributed by atoms with Crippen LogP contribution in [0.15, 0.2) is 82.1 Å². The minimum absolute atomic E-state index is 0.0326. The topological polar surface area (TPSA) is 71.6 Å². The first-order valence-corrected chi connectivity index (χ1v) is 13.5. The van der Waals surface area contributed by atoms with Crippen LogP contribution in [0.1, 0.15) is 27.0 Å². The van der Waals surface area contributed by atoms with Crippen molar-refractivity contribution >= 4 is 33.5 Å². The van der Waals surface area contributed by atoms with Gasteiger partial charge in [-0.2, -0.15) is 0 Å². The number of ketones is 1. The molecule has 6 rings (SSSR count). The van der Waals surface area contributed by atoms with Crippen LogP contribution in [0.2, 0.25) is 0 Å². The van der Waals surface area contributed by atoms with Gasteiger partial charge in [0, 0.05) is 49.2 Å². The van der Waals surface area contributed by atoms with Gasteiger partial charge >= 0.3 is 0 Å². The predicted octanol–water partition coefficient (Wildman–Crippen LogP) is 5.01. The van der Waals surface area contributed by atoms with Crippen molar-refractivity contribution in [2.75, 3.05) is 37.6 Å². The number of hydrogen-bond donors (Lipinski definition) is 0. The Labute approximate surface area is 227 Å². The van der Waals surface area contributed by atoms with Crippen LogP contribution in [-0.4, -0.2) is 53.1 Å². The second-order valence-electron chi connectivity index (χ2n) is 10.4. The van der Waals surface area contributed by atoms with Crippen LogP contribution in [-0.2, 0) is 13.0 Å². The molecule has 0 aliphatic carbocycles. The van der Waals surface area contributed by atoms with Gasteiger partial charge in [0.2, 0.25) is 0 Å². The van der Waals surface area contributed by atoms with Crippen LogP contribution in [0.3, 0.4) is 0 Å². The lowest BCUT2D eigenvalue weighted by atomic mass is 10.0. The van der Waals surface area contributed by atoms with E-state index in [0.717, 1.165) is 72.4 Å². The van der Waals surface area contributed by atoms with E-state index < -0.39 is 0 Å². The van der Waals surface area contributed by atoms with E-state index in [0.29, 0.717) is 11.1 Å². The van der Waals surface area contributed by atoms with Crippen molar-refractivity contribution in [3.05, 3.63) is 105 Å². The Morgan fingerprint density at radius 1 is 0.872 bits per heavy atom. The number of carbonyl (C=O) groups is 1. The summed E-state index contributed by atoms with van der Waals surface area (Å²) in [6, 6.07) is 23.5. The molecule has 3 aromatic carbocycles. The lowest BCUT2D eigenvalue weighted by Crippen LogP contribution is -2.47. The number of rotatable bonds is 7. The van der Waals surface area contributed by atoms with Gasteiger partial charge in [0.25, 0.3) is 5.56 Å². The zero-order valence-electron chi connectivity index (χ0n) is 22.4. The summed E-state index contributed by atoms with van der Waals surface area (Å²) in [6.07, 6.45) is 0.920. The molecule has 7 nitrogen and oxygen atoms in total. The summed E-state index contributed by atoms with van der Waals surface area (Å²) in [7, 11) is 0. The molecule has 0 amide bonds. The lowest BCUT2D eigenvalue weighted by Gasteiger charge is -2.34. The third-order valence-corrected chi connectivity index (χ3v) is 8.03. The molecular weight excluding hydrogens is 488 g/mol. The first-order chi connectivity index (χ1) is 19.0. The summed E-state index contributed by atoms with van der Waals surface area (Å²) < 4.78 is 7.13. The molecule has 0 atom stereocenters. The number of aryl methyl sites for hydroxylation is 1. The molecule has 7 heteroatoms. The van der Waals surface area contributed by atoms with Crippen LogP contribution in [0.4, 0.5) is 5.82 Å². The SMILES string of the molecule is Cc1c(C)c2cc(CCN3CCN(c4noc5ccccc45)CC3)ccc2n(CC(=O)c2ccccc2)c1=O. The maximum Gasteiger partial charge on any atom is 0.254 e. The highest BCUT2D eigenvalue weighted by molar-refractivity contribution is 5.97. The molecule has 0 bridgehead atoms. The van der Waals surface area contributed by atoms with E-state index in [1.54, 1.807) is 16.7 Å². The zero-order valence-corrected chi connectivity index (χ0v) is 22.4. The number of para-hydroxylation sites is 1. The number of benzene rings is 3. The number of pyridine rings is 1. The Morgan fingerprint density at radius 3 is 2.41 bits per heavy atom. The number of carbonyl (C=O) groups excluding carboxylic acids is 1. The highest BCUT2D eigenvalue weighted by Gasteiger charge is 2.22. The Kier molecular flexibility index (Phi) is 6.75. The Hall–Kier alpha value is -4.23. The molecular formula is C32H32N4O3. The third-order valence-electron chi connectivity index (χ3n) is 8.03. The third kappa shape index (κ3) is 4.86. The van der Waals surface area contributed by atoms with Crippen molar-refractivity contribution in [1.82, 2.24) is 14.6 Å². The molecule has 1 saturated heterocycles. The number of anilines is 1. The summed E-state index contributed by atoms with van der Waals surface area (Å²) in [5.41, 5.74) is 5.05. The van der Waals surface area contributed by atoms with Crippen LogP contribution in [0.25, 0.3) is 21.9 Å². The van der Waals surface area contributed by atoms with Gasteiger partial charge in [-0.1, -0.05) is 53.7 Å². The molecule has 39 heavy (non-hydrogen) atoms. The monoisotopic (exact) mass is 520 g/mol. The van der Waals surface area contributed by atoms with Crippen LogP contribution < -0.4 is 10.5 Å². The standard InChI is InChI=1S/C32H32N4O3/c1-22-23(2)32(38)36(21-29(37)25-8-4-3-5-9-25)28-13-12-24(20-27(22)28)14-15-34-16-18-35(19-17-34)31-26-10-6-7-11-30(26)39-33-31/h3-13,20H,14-19,21H2,1-2H3. The molecule has 5 aromatic rings.